The molecule has 1 heterocycles. The van der Waals surface area contributed by atoms with Crippen LogP contribution < -0.4 is 5.32 Å². The summed E-state index contributed by atoms with van der Waals surface area (Å²) in [6, 6.07) is 14.8. The number of benzene rings is 2. The number of aryl methyl sites for hydroxylation is 2. The van der Waals surface area contributed by atoms with Crippen LogP contribution in [0.5, 0.6) is 0 Å². The normalized spacial score (nSPS) is 15.2. The van der Waals surface area contributed by atoms with Crippen molar-refractivity contribution in [1.29, 1.82) is 0 Å². The van der Waals surface area contributed by atoms with Crippen molar-refractivity contribution in [2.45, 2.75) is 38.6 Å². The summed E-state index contributed by atoms with van der Waals surface area (Å²) >= 11 is 0. The third-order valence-electron chi connectivity index (χ3n) is 4.58. The van der Waals surface area contributed by atoms with Gasteiger partial charge < -0.3 is 5.32 Å². The number of nitrogens with one attached hydrogen (secondary N) is 1. The minimum atomic E-state index is 0.158. The van der Waals surface area contributed by atoms with Crippen LogP contribution in [-0.4, -0.2) is 15.2 Å². The van der Waals surface area contributed by atoms with E-state index in [1.54, 1.807) is 0 Å². The van der Waals surface area contributed by atoms with Crippen molar-refractivity contribution in [3.8, 4) is 0 Å². The Hall–Kier alpha value is -2.49. The fourth-order valence-corrected chi connectivity index (χ4v) is 3.24. The Bertz CT molecular complexity index is 844. The van der Waals surface area contributed by atoms with Crippen LogP contribution in [0.2, 0.25) is 0 Å². The highest BCUT2D eigenvalue weighted by Gasteiger charge is 2.13. The quantitative estimate of drug-likeness (QED) is 0.792. The summed E-state index contributed by atoms with van der Waals surface area (Å²) < 4.78 is 0. The first kappa shape index (κ1) is 14.1. The zero-order valence-electron chi connectivity index (χ0n) is 13.3. The molecule has 2 aromatic carbocycles. The third kappa shape index (κ3) is 2.89. The number of anilines is 1. The van der Waals surface area contributed by atoms with Gasteiger partial charge >= 0.3 is 0 Å². The van der Waals surface area contributed by atoms with Gasteiger partial charge in [-0.3, -0.25) is 0 Å². The van der Waals surface area contributed by atoms with Gasteiger partial charge in [0.2, 0.25) is 5.95 Å². The maximum atomic E-state index is 4.54. The van der Waals surface area contributed by atoms with Crippen LogP contribution in [0.4, 0.5) is 5.95 Å². The number of nitrogens with zero attached hydrogens (tertiary/aromatic N) is 3. The molecule has 4 rings (SSSR count). The Morgan fingerprint density at radius 1 is 0.913 bits per heavy atom. The van der Waals surface area contributed by atoms with Gasteiger partial charge in [0.15, 0.2) is 0 Å². The average Bonchev–Trinajstić information content (AvgIpc) is 2.61. The van der Waals surface area contributed by atoms with Crippen molar-refractivity contribution >= 4 is 17.0 Å². The molecule has 0 spiro atoms. The molecule has 0 saturated carbocycles. The molecule has 1 unspecified atom stereocenters. The fraction of sp³-hybridized carbons (Fsp3) is 0.316. The zero-order valence-corrected chi connectivity index (χ0v) is 13.3. The van der Waals surface area contributed by atoms with Crippen molar-refractivity contribution in [1.82, 2.24) is 15.2 Å². The molecule has 0 amide bonds. The predicted molar refractivity (Wildman–Crippen MR) is 92.5 cm³/mol. The van der Waals surface area contributed by atoms with Crippen LogP contribution in [0.3, 0.4) is 0 Å². The van der Waals surface area contributed by atoms with E-state index in [0.29, 0.717) is 5.95 Å². The second kappa shape index (κ2) is 5.95. The number of para-hydroxylation sites is 1. The Morgan fingerprint density at radius 2 is 1.70 bits per heavy atom. The van der Waals surface area contributed by atoms with E-state index in [-0.39, 0.29) is 6.04 Å². The highest BCUT2D eigenvalue weighted by molar-refractivity contribution is 5.74. The van der Waals surface area contributed by atoms with Gasteiger partial charge in [-0.1, -0.05) is 30.3 Å². The molecule has 3 aromatic rings. The van der Waals surface area contributed by atoms with Crippen LogP contribution in [0, 0.1) is 0 Å². The molecular formula is C19H20N4. The molecule has 1 N–H and O–H groups in total. The van der Waals surface area contributed by atoms with Crippen molar-refractivity contribution in [3.63, 3.8) is 0 Å². The largest absolute Gasteiger partial charge is 0.346 e. The molecule has 1 atom stereocenters. The van der Waals surface area contributed by atoms with E-state index in [0.717, 1.165) is 11.0 Å². The third-order valence-corrected chi connectivity index (χ3v) is 4.58. The van der Waals surface area contributed by atoms with Gasteiger partial charge in [-0.15, -0.1) is 10.2 Å². The minimum Gasteiger partial charge on any atom is -0.346 e. The number of rotatable bonds is 3. The fourth-order valence-electron chi connectivity index (χ4n) is 3.24. The molecule has 0 saturated heterocycles. The van der Waals surface area contributed by atoms with Gasteiger partial charge in [0, 0.05) is 0 Å². The molecule has 0 aliphatic heterocycles. The lowest BCUT2D eigenvalue weighted by atomic mass is 9.89. The lowest BCUT2D eigenvalue weighted by Crippen LogP contribution is -2.12. The maximum absolute atomic E-state index is 4.54. The molecule has 1 aromatic heterocycles. The van der Waals surface area contributed by atoms with Gasteiger partial charge in [0.1, 0.15) is 5.52 Å². The number of hydrogen-bond acceptors (Lipinski definition) is 4. The van der Waals surface area contributed by atoms with E-state index in [4.69, 9.17) is 0 Å². The predicted octanol–water partition coefficient (Wildman–Crippen LogP) is 4.08. The standard InChI is InChI=1S/C19H20N4/c1-13(15-11-10-14-6-2-3-7-16(14)12-15)20-19-21-17-8-4-5-9-18(17)22-23-19/h4-5,8-13H,2-3,6-7H2,1H3,(H,20,21,23). The average molecular weight is 304 g/mol. The van der Waals surface area contributed by atoms with Gasteiger partial charge in [0.25, 0.3) is 0 Å². The summed E-state index contributed by atoms with van der Waals surface area (Å²) in [7, 11) is 0. The Morgan fingerprint density at radius 3 is 2.57 bits per heavy atom. The summed E-state index contributed by atoms with van der Waals surface area (Å²) in [5.41, 5.74) is 5.97. The lowest BCUT2D eigenvalue weighted by Gasteiger charge is -2.20. The van der Waals surface area contributed by atoms with E-state index >= 15 is 0 Å². The van der Waals surface area contributed by atoms with Crippen molar-refractivity contribution in [3.05, 3.63) is 59.2 Å². The molecule has 0 fully saturated rings. The SMILES string of the molecule is CC(Nc1nnc2ccccc2n1)c1ccc2c(c1)CCCC2. The highest BCUT2D eigenvalue weighted by atomic mass is 15.2. The topological polar surface area (TPSA) is 50.7 Å². The van der Waals surface area contributed by atoms with Gasteiger partial charge in [-0.05, 0) is 61.4 Å². The van der Waals surface area contributed by atoms with E-state index in [2.05, 4.69) is 45.6 Å². The molecule has 0 bridgehead atoms. The number of fused-ring (bicyclic) bond motifs is 2. The minimum absolute atomic E-state index is 0.158. The second-order valence-electron chi connectivity index (χ2n) is 6.23. The van der Waals surface area contributed by atoms with Crippen molar-refractivity contribution in [2.24, 2.45) is 0 Å². The summed E-state index contributed by atoms with van der Waals surface area (Å²) in [6.45, 7) is 2.14. The molecule has 1 aliphatic carbocycles. The first-order valence-electron chi connectivity index (χ1n) is 8.27. The zero-order chi connectivity index (χ0) is 15.6. The maximum Gasteiger partial charge on any atom is 0.243 e. The highest BCUT2D eigenvalue weighted by Crippen LogP contribution is 2.26. The van der Waals surface area contributed by atoms with Crippen molar-refractivity contribution < 1.29 is 0 Å². The molecule has 4 nitrogen and oxygen atoms in total. The first-order chi connectivity index (χ1) is 11.3. The number of aromatic nitrogens is 3. The first-order valence-corrected chi connectivity index (χ1v) is 8.27. The molecule has 116 valence electrons. The molecule has 0 radical (unpaired) electrons. The lowest BCUT2D eigenvalue weighted by molar-refractivity contribution is 0.682. The Balaban J connectivity index is 1.57. The van der Waals surface area contributed by atoms with E-state index < -0.39 is 0 Å². The summed E-state index contributed by atoms with van der Waals surface area (Å²) in [6.07, 6.45) is 5.03. The van der Waals surface area contributed by atoms with Gasteiger partial charge in [-0.25, -0.2) is 4.98 Å². The smallest absolute Gasteiger partial charge is 0.243 e. The van der Waals surface area contributed by atoms with Crippen LogP contribution in [0.15, 0.2) is 42.5 Å². The van der Waals surface area contributed by atoms with Crippen molar-refractivity contribution in [2.75, 3.05) is 5.32 Å². The monoisotopic (exact) mass is 304 g/mol. The Kier molecular flexibility index (Phi) is 3.66. The summed E-state index contributed by atoms with van der Waals surface area (Å²) in [5.74, 6) is 0.578. The van der Waals surface area contributed by atoms with Gasteiger partial charge in [0.05, 0.1) is 11.6 Å². The second-order valence-corrected chi connectivity index (χ2v) is 6.23. The molecule has 1 aliphatic rings. The van der Waals surface area contributed by atoms with Crippen LogP contribution in [0.1, 0.15) is 42.5 Å². The molecule has 23 heavy (non-hydrogen) atoms. The van der Waals surface area contributed by atoms with E-state index in [1.807, 2.05) is 24.3 Å². The van der Waals surface area contributed by atoms with E-state index in [9.17, 15) is 0 Å². The molecule has 4 heteroatoms. The van der Waals surface area contributed by atoms with Crippen LogP contribution >= 0.6 is 0 Å². The van der Waals surface area contributed by atoms with Crippen LogP contribution in [-0.2, 0) is 12.8 Å². The molecular weight excluding hydrogens is 284 g/mol. The van der Waals surface area contributed by atoms with Crippen LogP contribution in [0.25, 0.3) is 11.0 Å². The van der Waals surface area contributed by atoms with Gasteiger partial charge in [-0.2, -0.15) is 0 Å². The summed E-state index contributed by atoms with van der Waals surface area (Å²) in [4.78, 5) is 4.54. The Labute approximate surface area is 136 Å². The van der Waals surface area contributed by atoms with E-state index in [1.165, 1.54) is 42.4 Å². The summed E-state index contributed by atoms with van der Waals surface area (Å²) in [5, 5.41) is 11.8. The number of hydrogen-bond donors (Lipinski definition) is 1.